The Balaban J connectivity index is 1.96. The van der Waals surface area contributed by atoms with Gasteiger partial charge >= 0.3 is 6.09 Å². The van der Waals surface area contributed by atoms with Crippen LogP contribution >= 0.6 is 0 Å². The first kappa shape index (κ1) is 20.1. The molecule has 0 unspecified atom stereocenters. The molecule has 0 aliphatic rings. The molecule has 2 rings (SSSR count). The first-order valence-electron chi connectivity index (χ1n) is 8.75. The van der Waals surface area contributed by atoms with Gasteiger partial charge in [0.2, 0.25) is 0 Å². The van der Waals surface area contributed by atoms with E-state index in [1.807, 2.05) is 37.3 Å². The molecule has 0 aromatic heterocycles. The smallest absolute Gasteiger partial charge is 0.410 e. The summed E-state index contributed by atoms with van der Waals surface area (Å²) in [4.78, 5) is 36.7. The number of carbonyl (C=O) groups is 2. The van der Waals surface area contributed by atoms with E-state index in [0.29, 0.717) is 13.0 Å². The Kier molecular flexibility index (Phi) is 7.49. The molecular formula is C20H22N2O5. The third-order valence-electron chi connectivity index (χ3n) is 3.97. The largest absolute Gasteiger partial charge is 0.445 e. The molecule has 0 heterocycles. The van der Waals surface area contributed by atoms with Gasteiger partial charge in [-0.05, 0) is 18.1 Å². The summed E-state index contributed by atoms with van der Waals surface area (Å²) in [5.41, 5.74) is 0.700. The Morgan fingerprint density at radius 2 is 1.70 bits per heavy atom. The molecule has 2 aromatic rings. The molecule has 142 valence electrons. The molecule has 27 heavy (non-hydrogen) atoms. The van der Waals surface area contributed by atoms with Crippen molar-refractivity contribution in [3.8, 4) is 0 Å². The molecule has 7 heteroatoms. The number of amides is 1. The number of benzene rings is 2. The number of Topliss-reactive ketones (excluding diaryl/α,β-unsaturated/α-hetero) is 1. The molecule has 0 N–H and O–H groups in total. The predicted octanol–water partition coefficient (Wildman–Crippen LogP) is 4.22. The maximum absolute atomic E-state index is 12.4. The van der Waals surface area contributed by atoms with Crippen LogP contribution in [0.15, 0.2) is 54.6 Å². The summed E-state index contributed by atoms with van der Waals surface area (Å²) in [5.74, 6) is -0.376. The van der Waals surface area contributed by atoms with Crippen LogP contribution in [0, 0.1) is 10.1 Å². The zero-order chi connectivity index (χ0) is 19.6. The van der Waals surface area contributed by atoms with Crippen LogP contribution in [0.2, 0.25) is 0 Å². The van der Waals surface area contributed by atoms with E-state index < -0.39 is 11.0 Å². The normalized spacial score (nSPS) is 10.3. The minimum Gasteiger partial charge on any atom is -0.445 e. The van der Waals surface area contributed by atoms with Gasteiger partial charge in [-0.25, -0.2) is 4.79 Å². The topological polar surface area (TPSA) is 89.8 Å². The predicted molar refractivity (Wildman–Crippen MR) is 101 cm³/mol. The second-order valence-corrected chi connectivity index (χ2v) is 5.97. The fourth-order valence-corrected chi connectivity index (χ4v) is 2.61. The third-order valence-corrected chi connectivity index (χ3v) is 3.97. The minimum absolute atomic E-state index is 0.00864. The molecule has 0 bridgehead atoms. The van der Waals surface area contributed by atoms with Gasteiger partial charge in [-0.15, -0.1) is 0 Å². The highest BCUT2D eigenvalue weighted by atomic mass is 16.6. The number of rotatable bonds is 9. The summed E-state index contributed by atoms with van der Waals surface area (Å²) in [6.07, 6.45) is 0.196. The van der Waals surface area contributed by atoms with Gasteiger partial charge in [0, 0.05) is 25.6 Å². The van der Waals surface area contributed by atoms with Gasteiger partial charge in [-0.3, -0.25) is 14.9 Å². The Labute approximate surface area is 157 Å². The van der Waals surface area contributed by atoms with E-state index in [4.69, 9.17) is 4.74 Å². The minimum atomic E-state index is -0.578. The van der Waals surface area contributed by atoms with Crippen LogP contribution in [-0.2, 0) is 11.3 Å². The van der Waals surface area contributed by atoms with E-state index >= 15 is 0 Å². The van der Waals surface area contributed by atoms with Gasteiger partial charge in [0.15, 0.2) is 5.78 Å². The Morgan fingerprint density at radius 3 is 2.37 bits per heavy atom. The van der Waals surface area contributed by atoms with Crippen LogP contribution in [0.5, 0.6) is 0 Å². The van der Waals surface area contributed by atoms with Crippen molar-refractivity contribution in [2.45, 2.75) is 26.4 Å². The number of hydrogen-bond donors (Lipinski definition) is 0. The van der Waals surface area contributed by atoms with Crippen molar-refractivity contribution >= 4 is 17.6 Å². The summed E-state index contributed by atoms with van der Waals surface area (Å²) in [6, 6.07) is 15.1. The highest BCUT2D eigenvalue weighted by Gasteiger charge is 2.21. The van der Waals surface area contributed by atoms with Crippen LogP contribution in [0.25, 0.3) is 0 Å². The quantitative estimate of drug-likeness (QED) is 0.374. The summed E-state index contributed by atoms with van der Waals surface area (Å²) < 4.78 is 5.31. The van der Waals surface area contributed by atoms with E-state index in [1.54, 1.807) is 6.07 Å². The average molecular weight is 370 g/mol. The molecule has 0 radical (unpaired) electrons. The van der Waals surface area contributed by atoms with E-state index in [0.717, 1.165) is 5.56 Å². The number of ketones is 1. The van der Waals surface area contributed by atoms with Gasteiger partial charge in [-0.2, -0.15) is 0 Å². The van der Waals surface area contributed by atoms with Gasteiger partial charge in [0.05, 0.1) is 10.5 Å². The molecule has 2 aromatic carbocycles. The van der Waals surface area contributed by atoms with E-state index in [1.165, 1.54) is 23.1 Å². The Bertz CT molecular complexity index is 792. The SMILES string of the molecule is CCCN(CCC(=O)c1ccccc1[N+](=O)[O-])C(=O)OCc1ccccc1. The van der Waals surface area contributed by atoms with E-state index in [9.17, 15) is 19.7 Å². The second-order valence-electron chi connectivity index (χ2n) is 5.97. The van der Waals surface area contributed by atoms with Crippen LogP contribution < -0.4 is 0 Å². The number of nitro benzene ring substituents is 1. The van der Waals surface area contributed by atoms with E-state index in [-0.39, 0.29) is 36.6 Å². The molecule has 0 fully saturated rings. The number of ether oxygens (including phenoxy) is 1. The maximum atomic E-state index is 12.4. The van der Waals surface area contributed by atoms with Crippen molar-refractivity contribution in [1.29, 1.82) is 0 Å². The van der Waals surface area contributed by atoms with Crippen molar-refractivity contribution < 1.29 is 19.2 Å². The molecule has 0 saturated carbocycles. The summed E-state index contributed by atoms with van der Waals surface area (Å²) >= 11 is 0. The lowest BCUT2D eigenvalue weighted by atomic mass is 10.1. The standard InChI is InChI=1S/C20H22N2O5/c1-2-13-21(20(24)27-15-16-8-4-3-5-9-16)14-12-19(23)17-10-6-7-11-18(17)22(25)26/h3-11H,2,12-15H2,1H3. The van der Waals surface area contributed by atoms with Crippen LogP contribution in [0.3, 0.4) is 0 Å². The lowest BCUT2D eigenvalue weighted by Crippen LogP contribution is -2.34. The molecule has 0 saturated heterocycles. The zero-order valence-corrected chi connectivity index (χ0v) is 15.2. The molecule has 7 nitrogen and oxygen atoms in total. The maximum Gasteiger partial charge on any atom is 0.410 e. The fourth-order valence-electron chi connectivity index (χ4n) is 2.61. The van der Waals surface area contributed by atoms with Crippen LogP contribution in [0.4, 0.5) is 10.5 Å². The number of carbonyl (C=O) groups excluding carboxylic acids is 2. The summed E-state index contributed by atoms with van der Waals surface area (Å²) in [5, 5.41) is 11.1. The van der Waals surface area contributed by atoms with E-state index in [2.05, 4.69) is 0 Å². The monoisotopic (exact) mass is 370 g/mol. The zero-order valence-electron chi connectivity index (χ0n) is 15.2. The first-order chi connectivity index (χ1) is 13.0. The number of hydrogen-bond acceptors (Lipinski definition) is 5. The third kappa shape index (κ3) is 5.91. The molecule has 0 atom stereocenters. The van der Waals surface area contributed by atoms with Crippen LogP contribution in [-0.4, -0.2) is 34.8 Å². The van der Waals surface area contributed by atoms with Crippen molar-refractivity contribution in [3.05, 3.63) is 75.8 Å². The van der Waals surface area contributed by atoms with Crippen molar-refractivity contribution in [2.75, 3.05) is 13.1 Å². The highest BCUT2D eigenvalue weighted by Crippen LogP contribution is 2.19. The van der Waals surface area contributed by atoms with Gasteiger partial charge < -0.3 is 9.64 Å². The number of nitrogens with zero attached hydrogens (tertiary/aromatic N) is 2. The Morgan fingerprint density at radius 1 is 1.04 bits per heavy atom. The summed E-state index contributed by atoms with van der Waals surface area (Å²) in [6.45, 7) is 2.66. The first-order valence-corrected chi connectivity index (χ1v) is 8.75. The molecule has 0 aliphatic heterocycles. The van der Waals surface area contributed by atoms with Crippen molar-refractivity contribution in [3.63, 3.8) is 0 Å². The van der Waals surface area contributed by atoms with Crippen molar-refractivity contribution in [1.82, 2.24) is 4.90 Å². The molecular weight excluding hydrogens is 348 g/mol. The second kappa shape index (κ2) is 10.1. The highest BCUT2D eigenvalue weighted by molar-refractivity contribution is 6.00. The van der Waals surface area contributed by atoms with Crippen LogP contribution in [0.1, 0.15) is 35.7 Å². The van der Waals surface area contributed by atoms with Crippen molar-refractivity contribution in [2.24, 2.45) is 0 Å². The number of nitro groups is 1. The molecule has 0 aliphatic carbocycles. The lowest BCUT2D eigenvalue weighted by molar-refractivity contribution is -0.385. The van der Waals surface area contributed by atoms with Gasteiger partial charge in [-0.1, -0.05) is 49.4 Å². The average Bonchev–Trinajstić information content (AvgIpc) is 2.69. The fraction of sp³-hybridized carbons (Fsp3) is 0.300. The summed E-state index contributed by atoms with van der Waals surface area (Å²) in [7, 11) is 0. The van der Waals surface area contributed by atoms with Gasteiger partial charge in [0.1, 0.15) is 6.61 Å². The molecule has 0 spiro atoms. The van der Waals surface area contributed by atoms with Gasteiger partial charge in [0.25, 0.3) is 5.69 Å². The molecule has 1 amide bonds. The lowest BCUT2D eigenvalue weighted by Gasteiger charge is -2.21. The number of para-hydroxylation sites is 1. The Hall–Kier alpha value is -3.22.